The molecule has 0 saturated carbocycles. The number of anilines is 3. The van der Waals surface area contributed by atoms with E-state index in [2.05, 4.69) is 290 Å². The van der Waals surface area contributed by atoms with Crippen LogP contribution in [0.4, 0.5) is 17.1 Å². The Kier molecular flexibility index (Phi) is 9.25. The summed E-state index contributed by atoms with van der Waals surface area (Å²) in [6.45, 7) is 4.80. The molecule has 0 radical (unpaired) electrons. The first kappa shape index (κ1) is 42.4. The van der Waals surface area contributed by atoms with Crippen LogP contribution in [0.1, 0.15) is 47.2 Å². The Morgan fingerprint density at radius 2 is 0.797 bits per heavy atom. The molecule has 0 aliphatic heterocycles. The van der Waals surface area contributed by atoms with Crippen molar-refractivity contribution in [1.29, 1.82) is 0 Å². The summed E-state index contributed by atoms with van der Waals surface area (Å²) in [5, 5.41) is 7.41. The number of aromatic nitrogens is 1. The lowest BCUT2D eigenvalue weighted by Crippen LogP contribution is -2.28. The monoisotopic (exact) mass is 942 g/mol. The summed E-state index contributed by atoms with van der Waals surface area (Å²) in [7, 11) is 0. The average Bonchev–Trinajstić information content (AvgIpc) is 4.10. The number of benzene rings is 12. The molecule has 13 aromatic rings. The Bertz CT molecular complexity index is 4290. The van der Waals surface area contributed by atoms with E-state index in [-0.39, 0.29) is 5.41 Å². The molecule has 2 aliphatic carbocycles. The largest absolute Gasteiger partial charge is 0.310 e. The number of nitrogens with zero attached hydrogens (tertiary/aromatic N) is 2. The maximum Gasteiger partial charge on any atom is 0.0714 e. The van der Waals surface area contributed by atoms with E-state index >= 15 is 0 Å². The Morgan fingerprint density at radius 1 is 0.311 bits per heavy atom. The third kappa shape index (κ3) is 6.18. The SMILES string of the molecule is CC1(C)c2cc(-c3ccc4c(c3)c3ccccc3n4-c3ccc4c(c3)C(c3ccccc3)(c3ccccc3)c3ccccc3-4)ccc2-c2ccc(N(c3ccc4ccccc4c3)c3ccc4ccccc4c3)cc21. The predicted molar refractivity (Wildman–Crippen MR) is 311 cm³/mol. The number of rotatable bonds is 7. The predicted octanol–water partition coefficient (Wildman–Crippen LogP) is 18.9. The molecule has 0 amide bonds. The molecule has 348 valence electrons. The van der Waals surface area contributed by atoms with Gasteiger partial charge >= 0.3 is 0 Å². The van der Waals surface area contributed by atoms with Crippen molar-refractivity contribution in [3.05, 3.63) is 300 Å². The molecule has 0 bridgehead atoms. The summed E-state index contributed by atoms with van der Waals surface area (Å²) in [5.74, 6) is 0. The Morgan fingerprint density at radius 3 is 1.50 bits per heavy atom. The molecule has 2 heteroatoms. The van der Waals surface area contributed by atoms with Crippen LogP contribution >= 0.6 is 0 Å². The van der Waals surface area contributed by atoms with Gasteiger partial charge in [-0.3, -0.25) is 0 Å². The van der Waals surface area contributed by atoms with Crippen LogP contribution in [0, 0.1) is 0 Å². The zero-order chi connectivity index (χ0) is 49.1. The molecule has 0 spiro atoms. The number of hydrogen-bond donors (Lipinski definition) is 0. The summed E-state index contributed by atoms with van der Waals surface area (Å²) in [4.78, 5) is 2.43. The van der Waals surface area contributed by atoms with Crippen LogP contribution in [0.25, 0.3) is 82.4 Å². The van der Waals surface area contributed by atoms with Gasteiger partial charge in [-0.2, -0.15) is 0 Å². The van der Waals surface area contributed by atoms with E-state index in [0.29, 0.717) is 0 Å². The highest BCUT2D eigenvalue weighted by Gasteiger charge is 2.46. The maximum absolute atomic E-state index is 2.48. The minimum Gasteiger partial charge on any atom is -0.310 e. The van der Waals surface area contributed by atoms with Crippen molar-refractivity contribution in [3.63, 3.8) is 0 Å². The van der Waals surface area contributed by atoms with E-state index in [1.165, 1.54) is 110 Å². The fourth-order valence-corrected chi connectivity index (χ4v) is 13.1. The van der Waals surface area contributed by atoms with Gasteiger partial charge in [0.1, 0.15) is 0 Å². The van der Waals surface area contributed by atoms with E-state index in [4.69, 9.17) is 0 Å². The van der Waals surface area contributed by atoms with Crippen LogP contribution < -0.4 is 4.90 Å². The zero-order valence-electron chi connectivity index (χ0n) is 41.3. The molecule has 1 heterocycles. The highest BCUT2D eigenvalue weighted by atomic mass is 15.1. The second kappa shape index (κ2) is 16.1. The lowest BCUT2D eigenvalue weighted by atomic mass is 9.67. The van der Waals surface area contributed by atoms with Gasteiger partial charge in [-0.15, -0.1) is 0 Å². The van der Waals surface area contributed by atoms with Crippen molar-refractivity contribution >= 4 is 60.4 Å². The van der Waals surface area contributed by atoms with Gasteiger partial charge in [0.2, 0.25) is 0 Å². The van der Waals surface area contributed by atoms with E-state index in [1.807, 2.05) is 0 Å². The smallest absolute Gasteiger partial charge is 0.0714 e. The molecule has 2 nitrogen and oxygen atoms in total. The molecule has 15 rings (SSSR count). The fourth-order valence-electron chi connectivity index (χ4n) is 13.1. The summed E-state index contributed by atoms with van der Waals surface area (Å²) < 4.78 is 2.48. The van der Waals surface area contributed by atoms with E-state index in [9.17, 15) is 0 Å². The van der Waals surface area contributed by atoms with Crippen molar-refractivity contribution < 1.29 is 0 Å². The van der Waals surface area contributed by atoms with Crippen LogP contribution in [0.15, 0.2) is 267 Å². The maximum atomic E-state index is 2.48. The van der Waals surface area contributed by atoms with E-state index in [1.54, 1.807) is 0 Å². The lowest BCUT2D eigenvalue weighted by molar-refractivity contribution is 0.660. The highest BCUT2D eigenvalue weighted by Crippen LogP contribution is 2.57. The lowest BCUT2D eigenvalue weighted by Gasteiger charge is -2.34. The minimum atomic E-state index is -0.479. The summed E-state index contributed by atoms with van der Waals surface area (Å²) in [6, 6.07) is 99.6. The van der Waals surface area contributed by atoms with E-state index in [0.717, 1.165) is 22.7 Å². The van der Waals surface area contributed by atoms with Gasteiger partial charge in [-0.25, -0.2) is 0 Å². The van der Waals surface area contributed by atoms with Gasteiger partial charge in [0, 0.05) is 38.9 Å². The van der Waals surface area contributed by atoms with Gasteiger partial charge in [-0.05, 0) is 161 Å². The van der Waals surface area contributed by atoms with Crippen LogP contribution in [0.3, 0.4) is 0 Å². The third-order valence-corrected chi connectivity index (χ3v) is 16.6. The normalized spacial score (nSPS) is 13.8. The molecule has 1 aromatic heterocycles. The molecule has 12 aromatic carbocycles. The van der Waals surface area contributed by atoms with Gasteiger partial charge < -0.3 is 9.47 Å². The van der Waals surface area contributed by atoms with Crippen LogP contribution in [-0.2, 0) is 10.8 Å². The average molecular weight is 943 g/mol. The van der Waals surface area contributed by atoms with Gasteiger partial charge in [0.05, 0.1) is 16.4 Å². The molecule has 0 unspecified atom stereocenters. The first-order valence-electron chi connectivity index (χ1n) is 25.9. The Labute approximate surface area is 431 Å². The van der Waals surface area contributed by atoms with E-state index < -0.39 is 5.41 Å². The minimum absolute atomic E-state index is 0.239. The molecule has 74 heavy (non-hydrogen) atoms. The van der Waals surface area contributed by atoms with Gasteiger partial charge in [-0.1, -0.05) is 208 Å². The van der Waals surface area contributed by atoms with Gasteiger partial charge in [0.25, 0.3) is 0 Å². The number of hydrogen-bond acceptors (Lipinski definition) is 1. The van der Waals surface area contributed by atoms with Crippen molar-refractivity contribution in [2.24, 2.45) is 0 Å². The zero-order valence-corrected chi connectivity index (χ0v) is 41.3. The van der Waals surface area contributed by atoms with Crippen LogP contribution in [0.2, 0.25) is 0 Å². The highest BCUT2D eigenvalue weighted by molar-refractivity contribution is 6.11. The molecule has 0 saturated heterocycles. The molecular formula is C72H50N2. The molecule has 2 aliphatic rings. The topological polar surface area (TPSA) is 8.17 Å². The summed E-state index contributed by atoms with van der Waals surface area (Å²) >= 11 is 0. The van der Waals surface area contributed by atoms with Crippen LogP contribution in [-0.4, -0.2) is 4.57 Å². The summed E-state index contributed by atoms with van der Waals surface area (Å²) in [6.07, 6.45) is 0. The standard InChI is InChI=1S/C72H50N2/c1-71(2)66-44-52(31-37-60(66)61-38-35-57(45-67(61)71)73(55-33-29-47-17-9-11-19-49(47)41-55)56-34-30-48-18-10-12-20-50(48)42-56)51-32-40-70-64(43-51)63-26-14-16-28-69(63)74(70)58-36-39-62-59-25-13-15-27-65(59)72(68(62)46-58,53-21-5-3-6-22-53)54-23-7-4-8-24-54/h3-46H,1-2H3. The van der Waals surface area contributed by atoms with Crippen molar-refractivity contribution in [2.45, 2.75) is 24.7 Å². The second-order valence-corrected chi connectivity index (χ2v) is 20.9. The Hall–Kier alpha value is -9.24. The molecular weight excluding hydrogens is 893 g/mol. The summed E-state index contributed by atoms with van der Waals surface area (Å²) in [5.41, 5.74) is 21.7. The van der Waals surface area contributed by atoms with Crippen molar-refractivity contribution in [3.8, 4) is 39.1 Å². The fraction of sp³-hybridized carbons (Fsp3) is 0.0556. The molecule has 0 atom stereocenters. The van der Waals surface area contributed by atoms with Crippen molar-refractivity contribution in [2.75, 3.05) is 4.90 Å². The molecule has 0 N–H and O–H groups in total. The number of para-hydroxylation sites is 1. The third-order valence-electron chi connectivity index (χ3n) is 16.6. The first-order chi connectivity index (χ1) is 36.4. The number of fused-ring (bicyclic) bond motifs is 11. The second-order valence-electron chi connectivity index (χ2n) is 20.9. The van der Waals surface area contributed by atoms with Gasteiger partial charge in [0.15, 0.2) is 0 Å². The first-order valence-corrected chi connectivity index (χ1v) is 25.9. The quantitative estimate of drug-likeness (QED) is 0.155. The molecule has 0 fully saturated rings. The Balaban J connectivity index is 0.835. The van der Waals surface area contributed by atoms with Crippen LogP contribution in [0.5, 0.6) is 0 Å². The van der Waals surface area contributed by atoms with Crippen molar-refractivity contribution in [1.82, 2.24) is 4.57 Å².